The van der Waals surface area contributed by atoms with Crippen LogP contribution in [0.4, 0.5) is 5.69 Å². The fourth-order valence-corrected chi connectivity index (χ4v) is 1.88. The molecule has 3 N–H and O–H groups in total. The van der Waals surface area contributed by atoms with Crippen molar-refractivity contribution in [2.24, 2.45) is 0 Å². The number of carbonyl (C=O) groups excluding carboxylic acids is 1. The van der Waals surface area contributed by atoms with Gasteiger partial charge in [0, 0.05) is 13.0 Å². The van der Waals surface area contributed by atoms with Crippen LogP contribution in [0.15, 0.2) is 0 Å². The van der Waals surface area contributed by atoms with Gasteiger partial charge in [0.2, 0.25) is 5.91 Å². The molecule has 0 aromatic carbocycles. The van der Waals surface area contributed by atoms with E-state index < -0.39 is 0 Å². The molecule has 0 unspecified atom stereocenters. The van der Waals surface area contributed by atoms with Crippen LogP contribution in [-0.4, -0.2) is 22.2 Å². The molecule has 1 aromatic heterocycles. The number of anilines is 1. The SMILES string of the molecule is CCNC(=O)CCn1nc(CC)c(N)c1CC. The Kier molecular flexibility index (Phi) is 5.00. The Bertz CT molecular complexity index is 384. The fraction of sp³-hybridized carbons (Fsp3) is 0.667. The highest BCUT2D eigenvalue weighted by atomic mass is 16.1. The minimum Gasteiger partial charge on any atom is -0.396 e. The van der Waals surface area contributed by atoms with Gasteiger partial charge in [-0.2, -0.15) is 5.10 Å². The fourth-order valence-electron chi connectivity index (χ4n) is 1.88. The van der Waals surface area contributed by atoms with E-state index >= 15 is 0 Å². The first-order chi connectivity index (χ1) is 8.13. The van der Waals surface area contributed by atoms with Gasteiger partial charge < -0.3 is 11.1 Å². The second kappa shape index (κ2) is 6.27. The van der Waals surface area contributed by atoms with Crippen LogP contribution in [0.5, 0.6) is 0 Å². The van der Waals surface area contributed by atoms with E-state index in [0.717, 1.165) is 29.9 Å². The van der Waals surface area contributed by atoms with Crippen molar-refractivity contribution in [3.8, 4) is 0 Å². The number of nitrogen functional groups attached to an aromatic ring is 1. The molecule has 0 aliphatic carbocycles. The summed E-state index contributed by atoms with van der Waals surface area (Å²) in [6.07, 6.45) is 2.12. The number of aromatic nitrogens is 2. The summed E-state index contributed by atoms with van der Waals surface area (Å²) < 4.78 is 1.86. The van der Waals surface area contributed by atoms with Crippen LogP contribution in [0.2, 0.25) is 0 Å². The molecular formula is C12H22N4O. The van der Waals surface area contributed by atoms with Crippen molar-refractivity contribution >= 4 is 11.6 Å². The molecule has 0 radical (unpaired) electrons. The molecule has 0 fully saturated rings. The quantitative estimate of drug-likeness (QED) is 0.780. The average molecular weight is 238 g/mol. The van der Waals surface area contributed by atoms with Gasteiger partial charge in [-0.25, -0.2) is 0 Å². The Labute approximate surface area is 102 Å². The minimum atomic E-state index is 0.0571. The van der Waals surface area contributed by atoms with E-state index in [1.54, 1.807) is 0 Å². The van der Waals surface area contributed by atoms with E-state index in [1.807, 2.05) is 18.5 Å². The van der Waals surface area contributed by atoms with Gasteiger partial charge in [-0.1, -0.05) is 13.8 Å². The van der Waals surface area contributed by atoms with Crippen molar-refractivity contribution in [3.63, 3.8) is 0 Å². The van der Waals surface area contributed by atoms with Crippen LogP contribution < -0.4 is 11.1 Å². The first-order valence-electron chi connectivity index (χ1n) is 6.24. The summed E-state index contributed by atoms with van der Waals surface area (Å²) >= 11 is 0. The van der Waals surface area contributed by atoms with E-state index in [4.69, 9.17) is 5.73 Å². The lowest BCUT2D eigenvalue weighted by Crippen LogP contribution is -2.24. The van der Waals surface area contributed by atoms with Crippen LogP contribution in [0, 0.1) is 0 Å². The molecule has 0 aliphatic rings. The van der Waals surface area contributed by atoms with E-state index in [9.17, 15) is 4.79 Å². The molecule has 0 bridgehead atoms. The van der Waals surface area contributed by atoms with Crippen molar-refractivity contribution in [2.45, 2.75) is 46.6 Å². The van der Waals surface area contributed by atoms with E-state index in [0.29, 0.717) is 19.5 Å². The monoisotopic (exact) mass is 238 g/mol. The molecule has 0 saturated heterocycles. The van der Waals surface area contributed by atoms with Gasteiger partial charge in [0.15, 0.2) is 0 Å². The zero-order valence-electron chi connectivity index (χ0n) is 10.9. The molecule has 1 aromatic rings. The molecule has 0 spiro atoms. The molecule has 1 rings (SSSR count). The summed E-state index contributed by atoms with van der Waals surface area (Å²) in [5.74, 6) is 0.0571. The highest BCUT2D eigenvalue weighted by Gasteiger charge is 2.13. The lowest BCUT2D eigenvalue weighted by Gasteiger charge is -2.06. The number of aryl methyl sites for hydroxylation is 2. The minimum absolute atomic E-state index is 0.0571. The van der Waals surface area contributed by atoms with Gasteiger partial charge >= 0.3 is 0 Å². The summed E-state index contributed by atoms with van der Waals surface area (Å²) in [7, 11) is 0. The van der Waals surface area contributed by atoms with Gasteiger partial charge in [0.05, 0.1) is 23.6 Å². The maximum Gasteiger partial charge on any atom is 0.221 e. The largest absolute Gasteiger partial charge is 0.396 e. The molecule has 1 heterocycles. The maximum absolute atomic E-state index is 11.4. The predicted octanol–water partition coefficient (Wildman–Crippen LogP) is 1.12. The number of nitrogens with two attached hydrogens (primary N) is 1. The van der Waals surface area contributed by atoms with Gasteiger partial charge in [-0.3, -0.25) is 9.48 Å². The number of hydrogen-bond donors (Lipinski definition) is 2. The van der Waals surface area contributed by atoms with Crippen LogP contribution in [0.3, 0.4) is 0 Å². The van der Waals surface area contributed by atoms with E-state index in [-0.39, 0.29) is 5.91 Å². The lowest BCUT2D eigenvalue weighted by atomic mass is 10.2. The topological polar surface area (TPSA) is 72.9 Å². The highest BCUT2D eigenvalue weighted by molar-refractivity contribution is 5.75. The van der Waals surface area contributed by atoms with Gasteiger partial charge in [-0.05, 0) is 19.8 Å². The second-order valence-corrected chi connectivity index (χ2v) is 3.94. The third kappa shape index (κ3) is 3.22. The molecule has 0 aliphatic heterocycles. The van der Waals surface area contributed by atoms with Gasteiger partial charge in [0.1, 0.15) is 0 Å². The summed E-state index contributed by atoms with van der Waals surface area (Å²) in [6, 6.07) is 0. The number of amides is 1. The van der Waals surface area contributed by atoms with Crippen LogP contribution in [0.25, 0.3) is 0 Å². The lowest BCUT2D eigenvalue weighted by molar-refractivity contribution is -0.121. The van der Waals surface area contributed by atoms with Crippen LogP contribution in [0.1, 0.15) is 38.6 Å². The first-order valence-corrected chi connectivity index (χ1v) is 6.24. The number of hydrogen-bond acceptors (Lipinski definition) is 3. The highest BCUT2D eigenvalue weighted by Crippen LogP contribution is 2.18. The van der Waals surface area contributed by atoms with E-state index in [2.05, 4.69) is 17.3 Å². The van der Waals surface area contributed by atoms with Crippen molar-refractivity contribution < 1.29 is 4.79 Å². The third-order valence-corrected chi connectivity index (χ3v) is 2.77. The Hall–Kier alpha value is -1.52. The van der Waals surface area contributed by atoms with Gasteiger partial charge in [0.25, 0.3) is 0 Å². The molecule has 0 saturated carbocycles. The van der Waals surface area contributed by atoms with Crippen molar-refractivity contribution in [3.05, 3.63) is 11.4 Å². The van der Waals surface area contributed by atoms with E-state index in [1.165, 1.54) is 0 Å². The molecule has 5 nitrogen and oxygen atoms in total. The summed E-state index contributed by atoms with van der Waals surface area (Å²) in [6.45, 7) is 7.26. The Morgan fingerprint density at radius 2 is 2.06 bits per heavy atom. The zero-order chi connectivity index (χ0) is 12.8. The smallest absolute Gasteiger partial charge is 0.221 e. The molecule has 96 valence electrons. The Balaban J connectivity index is 2.73. The maximum atomic E-state index is 11.4. The standard InChI is InChI=1S/C12H22N4O/c1-4-9-12(13)10(5-2)16(15-9)8-7-11(17)14-6-3/h4-8,13H2,1-3H3,(H,14,17). The van der Waals surface area contributed by atoms with Crippen LogP contribution in [-0.2, 0) is 24.2 Å². The van der Waals surface area contributed by atoms with Gasteiger partial charge in [-0.15, -0.1) is 0 Å². The summed E-state index contributed by atoms with van der Waals surface area (Å²) in [4.78, 5) is 11.4. The Morgan fingerprint density at radius 1 is 1.35 bits per heavy atom. The van der Waals surface area contributed by atoms with Crippen molar-refractivity contribution in [1.82, 2.24) is 15.1 Å². The summed E-state index contributed by atoms with van der Waals surface area (Å²) in [5.41, 5.74) is 8.75. The first kappa shape index (κ1) is 13.5. The predicted molar refractivity (Wildman–Crippen MR) is 68.7 cm³/mol. The second-order valence-electron chi connectivity index (χ2n) is 3.94. The molecule has 17 heavy (non-hydrogen) atoms. The number of carbonyl (C=O) groups is 1. The summed E-state index contributed by atoms with van der Waals surface area (Å²) in [5, 5.41) is 7.22. The van der Waals surface area contributed by atoms with Crippen LogP contribution >= 0.6 is 0 Å². The molecule has 0 atom stereocenters. The average Bonchev–Trinajstić information content (AvgIpc) is 2.63. The Morgan fingerprint density at radius 3 is 2.59 bits per heavy atom. The third-order valence-electron chi connectivity index (χ3n) is 2.77. The number of nitrogens with zero attached hydrogens (tertiary/aromatic N) is 2. The molecular weight excluding hydrogens is 216 g/mol. The number of nitrogens with one attached hydrogen (secondary N) is 1. The molecule has 1 amide bonds. The molecule has 5 heteroatoms. The normalized spacial score (nSPS) is 10.5. The zero-order valence-corrected chi connectivity index (χ0v) is 10.9. The number of rotatable bonds is 6. The van der Waals surface area contributed by atoms with Crippen molar-refractivity contribution in [1.29, 1.82) is 0 Å². The van der Waals surface area contributed by atoms with Crippen molar-refractivity contribution in [2.75, 3.05) is 12.3 Å².